The molecule has 2 aromatic heterocycles. The van der Waals surface area contributed by atoms with E-state index < -0.39 is 24.3 Å². The van der Waals surface area contributed by atoms with Crippen LogP contribution in [0.25, 0.3) is 22.5 Å². The summed E-state index contributed by atoms with van der Waals surface area (Å²) in [5.74, 6) is 3.18. The number of H-pyrrole nitrogens is 2. The third-order valence-corrected chi connectivity index (χ3v) is 9.96. The van der Waals surface area contributed by atoms with Crippen LogP contribution in [0.4, 0.5) is 9.59 Å². The van der Waals surface area contributed by atoms with Crippen LogP contribution >= 0.6 is 0 Å². The monoisotopic (exact) mass is 770 g/mol. The van der Waals surface area contributed by atoms with Crippen molar-refractivity contribution in [3.63, 3.8) is 0 Å². The summed E-state index contributed by atoms with van der Waals surface area (Å²) in [4.78, 5) is 67.4. The fourth-order valence-corrected chi connectivity index (χ4v) is 6.86. The molecular formula is C40H50N8O8. The molecule has 1 fully saturated rings. The number of imidazole rings is 2. The molecule has 2 aliphatic heterocycles. The first kappa shape index (κ1) is 39.6. The van der Waals surface area contributed by atoms with E-state index in [9.17, 15) is 19.2 Å². The molecule has 4 heterocycles. The quantitative estimate of drug-likeness (QED) is 0.0806. The number of carbonyl (C=O) groups is 4. The maximum absolute atomic E-state index is 13.6. The van der Waals surface area contributed by atoms with Gasteiger partial charge in [0.15, 0.2) is 23.0 Å². The molecule has 2 aliphatic rings. The first-order chi connectivity index (χ1) is 26.9. The minimum absolute atomic E-state index is 0.0829. The van der Waals surface area contributed by atoms with Crippen molar-refractivity contribution < 1.29 is 38.1 Å². The zero-order valence-electron chi connectivity index (χ0n) is 32.6. The van der Waals surface area contributed by atoms with Gasteiger partial charge in [-0.3, -0.25) is 9.59 Å². The van der Waals surface area contributed by atoms with E-state index in [0.29, 0.717) is 48.3 Å². The van der Waals surface area contributed by atoms with E-state index in [-0.39, 0.29) is 29.7 Å². The molecule has 4 amide bonds. The number of unbranched alkanes of at least 4 members (excludes halogenated alkanes) is 1. The van der Waals surface area contributed by atoms with Crippen LogP contribution in [-0.2, 0) is 25.5 Å². The Balaban J connectivity index is 1.04. The number of nitrogens with one attached hydrogen (secondary N) is 5. The average Bonchev–Trinajstić information content (AvgIpc) is 3.99. The Hall–Kier alpha value is -6.06. The predicted octanol–water partition coefficient (Wildman–Crippen LogP) is 6.23. The Labute approximate surface area is 325 Å². The molecule has 0 radical (unpaired) electrons. The number of methoxy groups -OCH3 is 2. The second-order valence-corrected chi connectivity index (χ2v) is 14.6. The highest BCUT2D eigenvalue weighted by Gasteiger charge is 2.37. The number of likely N-dealkylation sites (tertiary alicyclic amines) is 1. The van der Waals surface area contributed by atoms with E-state index in [1.165, 1.54) is 14.2 Å². The number of aromatic amines is 2. The lowest BCUT2D eigenvalue weighted by Gasteiger charge is -2.30. The van der Waals surface area contributed by atoms with Crippen molar-refractivity contribution >= 4 is 24.0 Å². The van der Waals surface area contributed by atoms with Gasteiger partial charge in [0.2, 0.25) is 11.8 Å². The highest BCUT2D eigenvalue weighted by molar-refractivity contribution is 5.87. The SMILES string of the molecule is COC(=O)NC(C(=O)NCCCCc1ncc(-c2ccc3c(c2)Oc2ccc(-c4cnc(C5CCCN5C(=O)C(NC(=O)OC)C(C)C)[nH]4)cc2O3)[nH]1)C(C)C. The lowest BCUT2D eigenvalue weighted by molar-refractivity contribution is -0.135. The van der Waals surface area contributed by atoms with Crippen molar-refractivity contribution in [2.24, 2.45) is 11.8 Å². The third-order valence-electron chi connectivity index (χ3n) is 9.96. The Kier molecular flexibility index (Phi) is 12.5. The van der Waals surface area contributed by atoms with Crippen molar-refractivity contribution in [2.45, 2.75) is 77.9 Å². The summed E-state index contributed by atoms with van der Waals surface area (Å²) in [6.45, 7) is 8.55. The molecule has 0 aliphatic carbocycles. The number of carbonyl (C=O) groups excluding carboxylic acids is 4. The number of amides is 4. The van der Waals surface area contributed by atoms with Crippen LogP contribution in [0.2, 0.25) is 0 Å². The fourth-order valence-electron chi connectivity index (χ4n) is 6.86. The van der Waals surface area contributed by atoms with Crippen LogP contribution in [0.1, 0.15) is 71.1 Å². The number of hydrogen-bond donors (Lipinski definition) is 5. The summed E-state index contributed by atoms with van der Waals surface area (Å²) in [5, 5.41) is 8.15. The van der Waals surface area contributed by atoms with E-state index in [1.54, 1.807) is 17.3 Å². The molecule has 0 bridgehead atoms. The number of aryl methyl sites for hydroxylation is 1. The Morgan fingerprint density at radius 3 is 2.00 bits per heavy atom. The largest absolute Gasteiger partial charge is 0.453 e. The van der Waals surface area contributed by atoms with Gasteiger partial charge in [-0.1, -0.05) is 27.7 Å². The van der Waals surface area contributed by atoms with Crippen molar-refractivity contribution in [3.05, 3.63) is 60.4 Å². The standard InChI is InChI=1S/C40H50N8O8/c1-22(2)34(46-39(51)53-5)37(49)41-16-8-7-11-33-42-20-26(44-33)24-12-14-29-31(18-24)55-30-15-13-25(19-32(30)56-29)27-21-43-36(45-27)28-10-9-17-48(28)38(50)35(23(3)4)47-40(52)54-6/h12-15,18-23,28,34-35H,7-11,16-17H2,1-6H3,(H,41,49)(H,42,44)(H,43,45)(H,46,51)(H,47,52). The van der Waals surface area contributed by atoms with Crippen molar-refractivity contribution in [3.8, 4) is 45.5 Å². The lowest BCUT2D eigenvalue weighted by Crippen LogP contribution is -2.51. The molecule has 5 N–H and O–H groups in total. The summed E-state index contributed by atoms with van der Waals surface area (Å²) in [6, 6.07) is 9.77. The number of benzene rings is 2. The van der Waals surface area contributed by atoms with Gasteiger partial charge in [-0.2, -0.15) is 0 Å². The van der Waals surface area contributed by atoms with Gasteiger partial charge >= 0.3 is 12.2 Å². The Bertz CT molecular complexity index is 2040. The number of nitrogens with zero attached hydrogens (tertiary/aromatic N) is 3. The van der Waals surface area contributed by atoms with Gasteiger partial charge in [-0.15, -0.1) is 0 Å². The fraction of sp³-hybridized carbons (Fsp3) is 0.450. The summed E-state index contributed by atoms with van der Waals surface area (Å²) in [6.07, 6.45) is 6.09. The summed E-state index contributed by atoms with van der Waals surface area (Å²) in [7, 11) is 2.55. The predicted molar refractivity (Wildman–Crippen MR) is 206 cm³/mol. The van der Waals surface area contributed by atoms with E-state index in [0.717, 1.165) is 54.0 Å². The zero-order valence-corrected chi connectivity index (χ0v) is 32.6. The van der Waals surface area contributed by atoms with Crippen LogP contribution in [0, 0.1) is 11.8 Å². The van der Waals surface area contributed by atoms with Crippen molar-refractivity contribution in [2.75, 3.05) is 27.3 Å². The molecule has 6 rings (SSSR count). The number of aromatic nitrogens is 4. The number of alkyl carbamates (subject to hydrolysis) is 2. The van der Waals surface area contributed by atoms with Crippen LogP contribution < -0.4 is 25.4 Å². The Morgan fingerprint density at radius 1 is 0.804 bits per heavy atom. The van der Waals surface area contributed by atoms with Crippen molar-refractivity contribution in [1.29, 1.82) is 0 Å². The number of fused-ring (bicyclic) bond motifs is 2. The molecule has 0 saturated carbocycles. The first-order valence-corrected chi connectivity index (χ1v) is 19.0. The average molecular weight is 771 g/mol. The van der Waals surface area contributed by atoms with Gasteiger partial charge in [0.1, 0.15) is 23.7 Å². The number of hydrogen-bond acceptors (Lipinski definition) is 10. The highest BCUT2D eigenvalue weighted by atomic mass is 16.6. The molecule has 3 atom stereocenters. The van der Waals surface area contributed by atoms with Gasteiger partial charge in [-0.25, -0.2) is 19.6 Å². The second-order valence-electron chi connectivity index (χ2n) is 14.6. The van der Waals surface area contributed by atoms with E-state index >= 15 is 0 Å². The maximum atomic E-state index is 13.6. The first-order valence-electron chi connectivity index (χ1n) is 19.0. The Morgan fingerprint density at radius 2 is 1.39 bits per heavy atom. The minimum atomic E-state index is -0.709. The van der Waals surface area contributed by atoms with Gasteiger partial charge in [0, 0.05) is 30.6 Å². The molecule has 3 unspecified atom stereocenters. The second kappa shape index (κ2) is 17.6. The maximum Gasteiger partial charge on any atom is 0.407 e. The topological polar surface area (TPSA) is 202 Å². The van der Waals surface area contributed by atoms with Gasteiger partial charge in [0.05, 0.1) is 44.0 Å². The minimum Gasteiger partial charge on any atom is -0.453 e. The van der Waals surface area contributed by atoms with E-state index in [2.05, 4.69) is 40.6 Å². The van der Waals surface area contributed by atoms with Crippen LogP contribution in [0.5, 0.6) is 23.0 Å². The van der Waals surface area contributed by atoms with Gasteiger partial charge in [-0.05, 0) is 73.9 Å². The highest BCUT2D eigenvalue weighted by Crippen LogP contribution is 2.47. The molecule has 0 spiro atoms. The van der Waals surface area contributed by atoms with Gasteiger partial charge < -0.3 is 49.8 Å². The third kappa shape index (κ3) is 9.07. The molecule has 2 aromatic carbocycles. The molecule has 16 nitrogen and oxygen atoms in total. The van der Waals surface area contributed by atoms with E-state index in [1.807, 2.05) is 64.1 Å². The zero-order chi connectivity index (χ0) is 39.9. The molecule has 4 aromatic rings. The van der Waals surface area contributed by atoms with Crippen LogP contribution in [0.15, 0.2) is 48.8 Å². The summed E-state index contributed by atoms with van der Waals surface area (Å²) < 4.78 is 21.9. The van der Waals surface area contributed by atoms with E-state index in [4.69, 9.17) is 14.2 Å². The van der Waals surface area contributed by atoms with Gasteiger partial charge in [0.25, 0.3) is 0 Å². The molecule has 1 saturated heterocycles. The summed E-state index contributed by atoms with van der Waals surface area (Å²) in [5.41, 5.74) is 3.35. The molecular weight excluding hydrogens is 720 g/mol. The number of ether oxygens (including phenoxy) is 4. The smallest absolute Gasteiger partial charge is 0.407 e. The van der Waals surface area contributed by atoms with Crippen LogP contribution in [-0.4, -0.2) is 88.2 Å². The normalized spacial score (nSPS) is 15.6. The van der Waals surface area contributed by atoms with Crippen molar-refractivity contribution in [1.82, 2.24) is 40.8 Å². The molecule has 16 heteroatoms. The summed E-state index contributed by atoms with van der Waals surface area (Å²) >= 11 is 0. The molecule has 298 valence electrons. The number of rotatable bonds is 14. The molecule has 56 heavy (non-hydrogen) atoms. The van der Waals surface area contributed by atoms with Crippen LogP contribution in [0.3, 0.4) is 0 Å². The lowest BCUT2D eigenvalue weighted by atomic mass is 10.0.